The minimum atomic E-state index is -0.192. The van der Waals surface area contributed by atoms with Gasteiger partial charge < -0.3 is 15.6 Å². The second kappa shape index (κ2) is 9.38. The number of benzene rings is 1. The van der Waals surface area contributed by atoms with E-state index in [1.807, 2.05) is 44.2 Å². The maximum absolute atomic E-state index is 12.9. The number of nitrogens with one attached hydrogen (secondary N) is 3. The number of hydrogen-bond acceptors (Lipinski definition) is 5. The molecule has 3 N–H and O–H groups in total. The molecule has 3 aromatic heterocycles. The molecule has 1 atom stereocenters. The predicted octanol–water partition coefficient (Wildman–Crippen LogP) is 5.09. The number of aryl methyl sites for hydroxylation is 1. The molecule has 0 spiro atoms. The second-order valence-corrected chi connectivity index (χ2v) is 10.6. The summed E-state index contributed by atoms with van der Waals surface area (Å²) in [6.45, 7) is 10.7. The maximum atomic E-state index is 12.9. The average molecular weight is 476 g/mol. The molecular weight excluding hydrogens is 446 g/mol. The Morgan fingerprint density at radius 3 is 2.53 bits per heavy atom. The van der Waals surface area contributed by atoms with Crippen LogP contribution in [-0.4, -0.2) is 32.8 Å². The number of aromatic nitrogens is 3. The Hall–Kier alpha value is -3.52. The number of amides is 2. The molecule has 1 aromatic carbocycles. The molecule has 4 aromatic rings. The van der Waals surface area contributed by atoms with Gasteiger partial charge in [-0.25, -0.2) is 9.97 Å². The molecule has 4 rings (SSSR count). The third kappa shape index (κ3) is 5.17. The largest absolute Gasteiger partial charge is 0.349 e. The van der Waals surface area contributed by atoms with Gasteiger partial charge in [0.05, 0.1) is 27.2 Å². The zero-order chi connectivity index (χ0) is 24.5. The van der Waals surface area contributed by atoms with E-state index in [9.17, 15) is 9.59 Å². The van der Waals surface area contributed by atoms with Crippen molar-refractivity contribution in [3.63, 3.8) is 0 Å². The summed E-state index contributed by atoms with van der Waals surface area (Å²) in [5, 5.41) is 6.00. The van der Waals surface area contributed by atoms with Crippen LogP contribution in [0, 0.1) is 12.3 Å². The number of H-pyrrole nitrogens is 1. The van der Waals surface area contributed by atoms with E-state index in [2.05, 4.69) is 41.4 Å². The molecule has 7 nitrogen and oxygen atoms in total. The summed E-state index contributed by atoms with van der Waals surface area (Å²) >= 11 is 1.35. The highest BCUT2D eigenvalue weighted by molar-refractivity contribution is 7.17. The van der Waals surface area contributed by atoms with Gasteiger partial charge in [-0.15, -0.1) is 11.3 Å². The zero-order valence-corrected chi connectivity index (χ0v) is 20.8. The summed E-state index contributed by atoms with van der Waals surface area (Å²) in [5.41, 5.74) is 4.29. The number of carbonyl (C=O) groups is 2. The summed E-state index contributed by atoms with van der Waals surface area (Å²) in [7, 11) is 0. The third-order valence-electron chi connectivity index (χ3n) is 5.93. The molecule has 3 heterocycles. The Balaban J connectivity index is 1.51. The summed E-state index contributed by atoms with van der Waals surface area (Å²) in [6.07, 6.45) is 3.29. The third-order valence-corrected chi connectivity index (χ3v) is 7.03. The molecule has 0 fully saturated rings. The number of rotatable bonds is 6. The molecule has 176 valence electrons. The highest BCUT2D eigenvalue weighted by atomic mass is 32.1. The van der Waals surface area contributed by atoms with Crippen LogP contribution in [0.1, 0.15) is 58.9 Å². The summed E-state index contributed by atoms with van der Waals surface area (Å²) < 4.78 is 0. The quantitative estimate of drug-likeness (QED) is 0.362. The fraction of sp³-hybridized carbons (Fsp3) is 0.308. The lowest BCUT2D eigenvalue weighted by Crippen LogP contribution is -2.41. The fourth-order valence-corrected chi connectivity index (χ4v) is 4.12. The molecule has 0 saturated carbocycles. The fourth-order valence-electron chi connectivity index (χ4n) is 3.25. The summed E-state index contributed by atoms with van der Waals surface area (Å²) in [5.74, 6) is -0.328. The van der Waals surface area contributed by atoms with Crippen molar-refractivity contribution in [1.82, 2.24) is 25.6 Å². The summed E-state index contributed by atoms with van der Waals surface area (Å²) in [6, 6.07) is 11.7. The van der Waals surface area contributed by atoms with Crippen molar-refractivity contribution in [1.29, 1.82) is 0 Å². The number of aromatic amines is 1. The van der Waals surface area contributed by atoms with Crippen LogP contribution in [0.2, 0.25) is 0 Å². The van der Waals surface area contributed by atoms with Gasteiger partial charge in [0, 0.05) is 18.8 Å². The molecule has 0 saturated heterocycles. The molecule has 8 heteroatoms. The first-order valence-electron chi connectivity index (χ1n) is 11.2. The molecular formula is C26H29N5O2S. The van der Waals surface area contributed by atoms with Crippen LogP contribution < -0.4 is 10.6 Å². The Morgan fingerprint density at radius 1 is 1.09 bits per heavy atom. The first kappa shape index (κ1) is 23.6. The monoisotopic (exact) mass is 475 g/mol. The van der Waals surface area contributed by atoms with E-state index < -0.39 is 0 Å². The van der Waals surface area contributed by atoms with Gasteiger partial charge in [-0.2, -0.15) is 0 Å². The SMILES string of the molecule is Cc1ccc(CNC(=O)c2ccc(-c3cnc4[nH]cc(C(=O)NC(C)C(C)(C)C)c4n3)s2)cc1. The van der Waals surface area contributed by atoms with Crippen LogP contribution in [0.15, 0.2) is 48.8 Å². The molecule has 0 aliphatic heterocycles. The maximum Gasteiger partial charge on any atom is 0.261 e. The molecule has 2 amide bonds. The molecule has 0 aliphatic carbocycles. The van der Waals surface area contributed by atoms with Gasteiger partial charge >= 0.3 is 0 Å². The van der Waals surface area contributed by atoms with Gasteiger partial charge in [0.1, 0.15) is 5.52 Å². The van der Waals surface area contributed by atoms with E-state index in [1.165, 1.54) is 16.9 Å². The average Bonchev–Trinajstić information content (AvgIpc) is 3.45. The lowest BCUT2D eigenvalue weighted by molar-refractivity contribution is 0.0910. The van der Waals surface area contributed by atoms with Crippen molar-refractivity contribution in [3.05, 3.63) is 70.4 Å². The topological polar surface area (TPSA) is 99.8 Å². The zero-order valence-electron chi connectivity index (χ0n) is 20.0. The lowest BCUT2D eigenvalue weighted by Gasteiger charge is -2.27. The van der Waals surface area contributed by atoms with Crippen molar-refractivity contribution < 1.29 is 9.59 Å². The van der Waals surface area contributed by atoms with Gasteiger partial charge in [0.2, 0.25) is 0 Å². The normalized spacial score (nSPS) is 12.5. The van der Waals surface area contributed by atoms with Crippen molar-refractivity contribution in [2.45, 2.75) is 47.2 Å². The Kier molecular flexibility index (Phi) is 6.52. The number of thiophene rings is 1. The Morgan fingerprint density at radius 2 is 1.82 bits per heavy atom. The molecule has 34 heavy (non-hydrogen) atoms. The number of carbonyl (C=O) groups excluding carboxylic acids is 2. The lowest BCUT2D eigenvalue weighted by atomic mass is 9.88. The van der Waals surface area contributed by atoms with Crippen molar-refractivity contribution >= 4 is 34.3 Å². The van der Waals surface area contributed by atoms with Gasteiger partial charge in [0.25, 0.3) is 11.8 Å². The van der Waals surface area contributed by atoms with Crippen molar-refractivity contribution in [2.75, 3.05) is 0 Å². The highest BCUT2D eigenvalue weighted by Crippen LogP contribution is 2.28. The minimum absolute atomic E-state index is 0.0145. The number of nitrogens with zero attached hydrogens (tertiary/aromatic N) is 2. The van der Waals surface area contributed by atoms with E-state index in [4.69, 9.17) is 4.98 Å². The van der Waals surface area contributed by atoms with Crippen LogP contribution in [0.25, 0.3) is 21.7 Å². The van der Waals surface area contributed by atoms with E-state index in [1.54, 1.807) is 18.5 Å². The van der Waals surface area contributed by atoms with E-state index in [0.29, 0.717) is 33.8 Å². The van der Waals surface area contributed by atoms with E-state index >= 15 is 0 Å². The first-order chi connectivity index (χ1) is 16.1. The van der Waals surface area contributed by atoms with Crippen LogP contribution in [0.3, 0.4) is 0 Å². The van der Waals surface area contributed by atoms with Crippen molar-refractivity contribution in [3.8, 4) is 10.6 Å². The Labute approximate surface area is 203 Å². The van der Waals surface area contributed by atoms with Crippen LogP contribution >= 0.6 is 11.3 Å². The predicted molar refractivity (Wildman–Crippen MR) is 136 cm³/mol. The number of fused-ring (bicyclic) bond motifs is 1. The van der Waals surface area contributed by atoms with E-state index in [-0.39, 0.29) is 23.3 Å². The standard InChI is InChI=1S/C26H29N5O2S/c1-15-6-8-17(9-7-15)12-29-25(33)21-11-10-20(34-21)19-14-28-23-22(31-19)18(13-27-23)24(32)30-16(2)26(3,4)5/h6-11,13-14,16H,12H2,1-5H3,(H,27,28)(H,29,33)(H,30,32). The molecule has 0 bridgehead atoms. The van der Waals surface area contributed by atoms with E-state index in [0.717, 1.165) is 10.4 Å². The second-order valence-electron chi connectivity index (χ2n) is 9.55. The number of hydrogen-bond donors (Lipinski definition) is 3. The first-order valence-corrected chi connectivity index (χ1v) is 12.0. The van der Waals surface area contributed by atoms with Crippen molar-refractivity contribution in [2.24, 2.45) is 5.41 Å². The molecule has 0 radical (unpaired) electrons. The van der Waals surface area contributed by atoms with Gasteiger partial charge in [-0.05, 0) is 37.0 Å². The smallest absolute Gasteiger partial charge is 0.261 e. The van der Waals surface area contributed by atoms with Crippen LogP contribution in [0.5, 0.6) is 0 Å². The van der Waals surface area contributed by atoms with Gasteiger partial charge in [-0.1, -0.05) is 50.6 Å². The summed E-state index contributed by atoms with van der Waals surface area (Å²) in [4.78, 5) is 39.1. The Bertz CT molecular complexity index is 1330. The van der Waals surface area contributed by atoms with Gasteiger partial charge in [-0.3, -0.25) is 9.59 Å². The molecule has 1 unspecified atom stereocenters. The van der Waals surface area contributed by atoms with Crippen LogP contribution in [0.4, 0.5) is 0 Å². The minimum Gasteiger partial charge on any atom is -0.349 e. The highest BCUT2D eigenvalue weighted by Gasteiger charge is 2.24. The molecule has 0 aliphatic rings. The van der Waals surface area contributed by atoms with Gasteiger partial charge in [0.15, 0.2) is 5.65 Å². The van der Waals surface area contributed by atoms with Crippen LogP contribution in [-0.2, 0) is 6.54 Å².